The monoisotopic (exact) mass is 1790 g/mol. The lowest BCUT2D eigenvalue weighted by atomic mass is 9.93. The van der Waals surface area contributed by atoms with Crippen LogP contribution in [0.2, 0.25) is 0 Å². The van der Waals surface area contributed by atoms with Crippen molar-refractivity contribution in [1.82, 2.24) is 19.6 Å². The largest absolute Gasteiger partial charge is 0.456 e. The Hall–Kier alpha value is -6.20. The molecular weight excluding hydrogens is 1640 g/mol. The Morgan fingerprint density at radius 3 is 0.758 bits per heavy atom. The topological polar surface area (TPSA) is 94.4 Å². The van der Waals surface area contributed by atoms with Crippen molar-refractivity contribution >= 4 is 157 Å². The molecule has 4 aliphatic heterocycles. The summed E-state index contributed by atoms with van der Waals surface area (Å²) in [4.78, 5) is 81.3. The van der Waals surface area contributed by atoms with Crippen LogP contribution in [0.1, 0.15) is 390 Å². The molecule has 0 N–H and O–H groups in total. The summed E-state index contributed by atoms with van der Waals surface area (Å²) in [6.07, 6.45) is 59.2. The third kappa shape index (κ3) is 24.3. The Morgan fingerprint density at radius 1 is 0.258 bits per heavy atom. The number of fused-ring (bicyclic) bond motifs is 7. The molecule has 9 nitrogen and oxygen atoms in total. The normalized spacial score (nSPS) is 15.6. The van der Waals surface area contributed by atoms with Crippen molar-refractivity contribution in [3.8, 4) is 19.5 Å². The van der Waals surface area contributed by atoms with Crippen molar-refractivity contribution in [3.63, 3.8) is 0 Å². The van der Waals surface area contributed by atoms with Crippen LogP contribution in [-0.2, 0) is 19.2 Å². The standard InChI is InChI=1S/C109H150N4O5S6/c1-9-17-25-33-38-46-56-78(52-42-30-22-14-6)74-110-102(90-60-50-66-119-90)98-100(108(110)116)104(112(106(98)114)76-80(54-44-32-24-16-8)58-48-40-35-27-19-11-3)92-64-62-88(121-92)96-70-82-68-86-84(72-94(82)123-96)85-73-95-83(69-87(85)118-86)71-97(124-95)89-63-65-93(122-89)105-101-99(107(115)113(105)77-81(55-45-37-29-21-13-5)59-49-41-36-28-20-12-4)103(91-61-51-67-120-91)111(109(101)117)75-79(53-43-31-23-15-7)57-47-39-34-26-18-10-2/h50-51,60-73,78-81H,9-49,52-59,74-77H2,1-8H3. The molecule has 0 aliphatic carbocycles. The van der Waals surface area contributed by atoms with E-state index in [0.717, 1.165) is 159 Å². The van der Waals surface area contributed by atoms with E-state index < -0.39 is 0 Å². The zero-order chi connectivity index (χ0) is 86.5. The van der Waals surface area contributed by atoms with E-state index in [1.54, 1.807) is 45.3 Å². The van der Waals surface area contributed by atoms with Crippen molar-refractivity contribution in [2.24, 2.45) is 23.7 Å². The molecule has 0 radical (unpaired) electrons. The van der Waals surface area contributed by atoms with Crippen molar-refractivity contribution in [3.05, 3.63) is 137 Å². The fourth-order valence-corrected chi connectivity index (χ4v) is 26.5. The van der Waals surface area contributed by atoms with E-state index >= 15 is 19.2 Å². The molecule has 0 fully saturated rings. The lowest BCUT2D eigenvalue weighted by Crippen LogP contribution is -2.34. The summed E-state index contributed by atoms with van der Waals surface area (Å²) in [6.45, 7) is 20.9. The van der Waals surface area contributed by atoms with Gasteiger partial charge in [0.15, 0.2) is 0 Å². The molecule has 2 aromatic carbocycles. The molecule has 7 aromatic heterocycles. The van der Waals surface area contributed by atoms with Gasteiger partial charge in [-0.3, -0.25) is 19.2 Å². The van der Waals surface area contributed by atoms with Gasteiger partial charge < -0.3 is 24.0 Å². The summed E-state index contributed by atoms with van der Waals surface area (Å²) < 4.78 is 9.31. The number of thiophene rings is 6. The number of nitrogens with zero attached hydrogens (tertiary/aromatic N) is 4. The van der Waals surface area contributed by atoms with E-state index in [1.165, 1.54) is 260 Å². The van der Waals surface area contributed by atoms with E-state index in [-0.39, 0.29) is 23.6 Å². The van der Waals surface area contributed by atoms with Crippen LogP contribution in [0.15, 0.2) is 122 Å². The van der Waals surface area contributed by atoms with Gasteiger partial charge in [-0.25, -0.2) is 0 Å². The van der Waals surface area contributed by atoms with Gasteiger partial charge >= 0.3 is 0 Å². The molecule has 0 bridgehead atoms. The number of hydrogen-bond donors (Lipinski definition) is 0. The van der Waals surface area contributed by atoms with E-state index in [0.29, 0.717) is 72.1 Å². The highest BCUT2D eigenvalue weighted by atomic mass is 32.1. The fourth-order valence-electron chi connectivity index (χ4n) is 20.4. The quantitative estimate of drug-likeness (QED) is 0.0354. The van der Waals surface area contributed by atoms with Crippen molar-refractivity contribution in [2.45, 2.75) is 370 Å². The third-order valence-corrected chi connectivity index (χ3v) is 34.0. The summed E-state index contributed by atoms with van der Waals surface area (Å²) in [5.74, 6) is 1.42. The molecule has 4 unspecified atom stereocenters. The minimum atomic E-state index is 0.00704. The number of unbranched alkanes of at least 4 members (excludes halogenated alkanes) is 33. The van der Waals surface area contributed by atoms with Gasteiger partial charge in [-0.15, -0.1) is 68.0 Å². The van der Waals surface area contributed by atoms with Gasteiger partial charge in [0, 0.05) is 65.9 Å². The highest BCUT2D eigenvalue weighted by molar-refractivity contribution is 7.27. The van der Waals surface area contributed by atoms with Crippen LogP contribution >= 0.6 is 68.0 Å². The van der Waals surface area contributed by atoms with E-state index in [9.17, 15) is 0 Å². The van der Waals surface area contributed by atoms with Crippen LogP contribution in [0, 0.1) is 23.7 Å². The summed E-state index contributed by atoms with van der Waals surface area (Å²) in [6, 6.07) is 31.2. The van der Waals surface area contributed by atoms with Crippen LogP contribution in [0.4, 0.5) is 0 Å². The average Bonchev–Trinajstić information content (AvgIpc) is 1.55. The Labute approximate surface area is 770 Å². The Morgan fingerprint density at radius 2 is 0.500 bits per heavy atom. The van der Waals surface area contributed by atoms with Gasteiger partial charge in [0.2, 0.25) is 0 Å². The van der Waals surface area contributed by atoms with Gasteiger partial charge in [-0.05, 0) is 169 Å². The molecular formula is C109H150N4O5S6. The van der Waals surface area contributed by atoms with Crippen molar-refractivity contribution in [1.29, 1.82) is 0 Å². The predicted molar refractivity (Wildman–Crippen MR) is 540 cm³/mol. The zero-order valence-electron chi connectivity index (χ0n) is 77.3. The minimum Gasteiger partial charge on any atom is -0.456 e. The molecule has 9 aromatic rings. The first-order chi connectivity index (χ1) is 60.9. The molecule has 4 aliphatic rings. The Kier molecular flexibility index (Phi) is 38.1. The third-order valence-electron chi connectivity index (χ3n) is 27.5. The number of amides is 4. The molecule has 0 saturated heterocycles. The summed E-state index contributed by atoms with van der Waals surface area (Å²) in [7, 11) is 0. The highest BCUT2D eigenvalue weighted by Crippen LogP contribution is 2.54. The molecule has 13 rings (SSSR count). The molecule has 15 heteroatoms. The van der Waals surface area contributed by atoms with Crippen LogP contribution in [0.3, 0.4) is 0 Å². The zero-order valence-corrected chi connectivity index (χ0v) is 82.2. The van der Waals surface area contributed by atoms with E-state index in [1.807, 2.05) is 22.7 Å². The molecule has 4 amide bonds. The minimum absolute atomic E-state index is 0.00704. The second-order valence-corrected chi connectivity index (χ2v) is 43.6. The maximum Gasteiger partial charge on any atom is 0.261 e. The Balaban J connectivity index is 0.824. The number of carbonyl (C=O) groups excluding carboxylic acids is 4. The molecule has 4 atom stereocenters. The second kappa shape index (κ2) is 49.5. The average molecular weight is 1790 g/mol. The molecule has 124 heavy (non-hydrogen) atoms. The number of rotatable bonds is 63. The fraction of sp³-hybridized carbons (Fsp3) is 0.596. The predicted octanol–water partition coefficient (Wildman–Crippen LogP) is 34.9. The molecule has 11 heterocycles. The van der Waals surface area contributed by atoms with Crippen LogP contribution < -0.4 is 0 Å². The summed E-state index contributed by atoms with van der Waals surface area (Å²) in [5, 5.41) is 8.69. The maximum atomic E-state index is 16.1. The highest BCUT2D eigenvalue weighted by Gasteiger charge is 2.52. The second-order valence-electron chi connectivity index (χ2n) is 37.4. The first-order valence-corrected chi connectivity index (χ1v) is 55.3. The SMILES string of the molecule is CCCCCCCCC(CCCCCC)CN1C(=O)C2=C(c3ccc(-c4cc5cc6oc7cc8cc(-c9ccc(C%10=C%11C(=O)N(CC(CCCCCC)CCCCCCCC)C(c%12cccs%12)=C%11C(=O)N%10CC(CCCCCCC)CCCCCCCC)s9)sc8cc7c6cc5s4)s3)N(CC(CCCCCC)CCCCCCCC)C(=O)C2=C1c1cccs1. The molecule has 0 spiro atoms. The number of benzene rings is 2. The number of furan rings is 1. The summed E-state index contributed by atoms with van der Waals surface area (Å²) >= 11 is 10.4. The van der Waals surface area contributed by atoms with Crippen molar-refractivity contribution in [2.75, 3.05) is 26.2 Å². The van der Waals surface area contributed by atoms with Gasteiger partial charge in [0.1, 0.15) is 11.2 Å². The summed E-state index contributed by atoms with van der Waals surface area (Å²) in [5.41, 5.74) is 7.58. The smallest absolute Gasteiger partial charge is 0.261 e. The van der Waals surface area contributed by atoms with E-state index in [4.69, 9.17) is 4.42 Å². The molecule has 0 saturated carbocycles. The van der Waals surface area contributed by atoms with Gasteiger partial charge in [0.25, 0.3) is 23.6 Å². The Bertz CT molecular complexity index is 4950. The van der Waals surface area contributed by atoms with Gasteiger partial charge in [-0.2, -0.15) is 0 Å². The van der Waals surface area contributed by atoms with Crippen molar-refractivity contribution < 1.29 is 23.6 Å². The van der Waals surface area contributed by atoms with Crippen LogP contribution in [-0.4, -0.2) is 69.4 Å². The van der Waals surface area contributed by atoms with Crippen LogP contribution in [0.25, 0.3) is 84.4 Å². The lowest BCUT2D eigenvalue weighted by Gasteiger charge is -2.29. The van der Waals surface area contributed by atoms with E-state index in [2.05, 4.69) is 171 Å². The lowest BCUT2D eigenvalue weighted by molar-refractivity contribution is -0.124. The first kappa shape index (κ1) is 95.4. The maximum absolute atomic E-state index is 16.1. The number of hydrogen-bond acceptors (Lipinski definition) is 11. The first-order valence-electron chi connectivity index (χ1n) is 50.3. The molecule has 672 valence electrons. The van der Waals surface area contributed by atoms with Gasteiger partial charge in [0.05, 0.1) is 64.6 Å². The van der Waals surface area contributed by atoms with Gasteiger partial charge in [-0.1, -0.05) is 331 Å². The van der Waals surface area contributed by atoms with Crippen LogP contribution in [0.5, 0.6) is 0 Å². The number of carbonyl (C=O) groups is 4.